The van der Waals surface area contributed by atoms with Gasteiger partial charge in [0.15, 0.2) is 5.41 Å². The first-order valence-electron chi connectivity index (χ1n) is 11.8. The molecule has 170 valence electrons. The first kappa shape index (κ1) is 22.4. The fourth-order valence-corrected chi connectivity index (χ4v) is 4.96. The average molecular weight is 455 g/mol. The standard InChI is InChI=1S/C32H26N2O/c33-24-32(22-25-13-5-1-6-14-25)29(27-17-9-3-10-18-27)21-30(28-19-11-4-12-20-28)34(31(32)35)23-26-15-7-2-8-16-26/h1-21,29H,22-23H2/t29-,32+/m1/s1. The van der Waals surface area contributed by atoms with Gasteiger partial charge in [0.2, 0.25) is 5.91 Å². The van der Waals surface area contributed by atoms with Crippen LogP contribution in [0.15, 0.2) is 127 Å². The van der Waals surface area contributed by atoms with Gasteiger partial charge in [0.05, 0.1) is 12.6 Å². The summed E-state index contributed by atoms with van der Waals surface area (Å²) in [7, 11) is 0. The van der Waals surface area contributed by atoms with Crippen molar-refractivity contribution in [1.82, 2.24) is 4.90 Å². The highest BCUT2D eigenvalue weighted by Crippen LogP contribution is 2.48. The molecule has 3 heteroatoms. The van der Waals surface area contributed by atoms with Gasteiger partial charge < -0.3 is 4.90 Å². The highest BCUT2D eigenvalue weighted by atomic mass is 16.2. The fraction of sp³-hybridized carbons (Fsp3) is 0.125. The van der Waals surface area contributed by atoms with Crippen molar-refractivity contribution in [2.24, 2.45) is 5.41 Å². The molecule has 1 heterocycles. The highest BCUT2D eigenvalue weighted by molar-refractivity contribution is 5.97. The van der Waals surface area contributed by atoms with Crippen LogP contribution in [-0.4, -0.2) is 10.8 Å². The minimum absolute atomic E-state index is 0.164. The van der Waals surface area contributed by atoms with Crippen molar-refractivity contribution in [3.8, 4) is 6.07 Å². The van der Waals surface area contributed by atoms with Gasteiger partial charge in [-0.3, -0.25) is 4.79 Å². The van der Waals surface area contributed by atoms with Gasteiger partial charge >= 0.3 is 0 Å². The average Bonchev–Trinajstić information content (AvgIpc) is 2.93. The summed E-state index contributed by atoms with van der Waals surface area (Å²) < 4.78 is 0. The van der Waals surface area contributed by atoms with Crippen LogP contribution in [0, 0.1) is 16.7 Å². The van der Waals surface area contributed by atoms with E-state index >= 15 is 0 Å². The van der Waals surface area contributed by atoms with Gasteiger partial charge in [-0.15, -0.1) is 0 Å². The second-order valence-corrected chi connectivity index (χ2v) is 8.93. The molecule has 0 N–H and O–H groups in total. The Balaban J connectivity index is 1.71. The van der Waals surface area contributed by atoms with E-state index in [-0.39, 0.29) is 11.8 Å². The molecular formula is C32H26N2O. The lowest BCUT2D eigenvalue weighted by Gasteiger charge is -2.43. The first-order valence-corrected chi connectivity index (χ1v) is 11.8. The van der Waals surface area contributed by atoms with Gasteiger partial charge in [-0.1, -0.05) is 127 Å². The normalized spacial score (nSPS) is 19.6. The second-order valence-electron chi connectivity index (χ2n) is 8.93. The van der Waals surface area contributed by atoms with E-state index < -0.39 is 5.41 Å². The number of carbonyl (C=O) groups is 1. The minimum atomic E-state index is -1.27. The molecular weight excluding hydrogens is 428 g/mol. The molecule has 2 atom stereocenters. The van der Waals surface area contributed by atoms with Crippen LogP contribution in [-0.2, 0) is 17.8 Å². The van der Waals surface area contributed by atoms with Gasteiger partial charge in [-0.25, -0.2) is 0 Å². The van der Waals surface area contributed by atoms with Crippen LogP contribution in [0.5, 0.6) is 0 Å². The van der Waals surface area contributed by atoms with E-state index in [2.05, 4.69) is 12.1 Å². The number of benzene rings is 4. The number of carbonyl (C=O) groups excluding carboxylic acids is 1. The molecule has 0 spiro atoms. The van der Waals surface area contributed by atoms with E-state index in [1.54, 1.807) is 4.90 Å². The van der Waals surface area contributed by atoms with Gasteiger partial charge in [-0.2, -0.15) is 5.26 Å². The molecule has 3 nitrogen and oxygen atoms in total. The van der Waals surface area contributed by atoms with Crippen molar-refractivity contribution in [3.05, 3.63) is 150 Å². The summed E-state index contributed by atoms with van der Waals surface area (Å²) in [6.07, 6.45) is 2.47. The Morgan fingerprint density at radius 1 is 0.714 bits per heavy atom. The number of nitriles is 1. The maximum atomic E-state index is 14.5. The molecule has 0 saturated carbocycles. The molecule has 4 aromatic carbocycles. The van der Waals surface area contributed by atoms with E-state index in [0.717, 1.165) is 28.0 Å². The topological polar surface area (TPSA) is 44.1 Å². The van der Waals surface area contributed by atoms with Gasteiger partial charge in [-0.05, 0) is 22.3 Å². The predicted molar refractivity (Wildman–Crippen MR) is 139 cm³/mol. The van der Waals surface area contributed by atoms with Gasteiger partial charge in [0.25, 0.3) is 0 Å². The Hall–Kier alpha value is -4.42. The molecule has 0 aromatic heterocycles. The quantitative estimate of drug-likeness (QED) is 0.329. The lowest BCUT2D eigenvalue weighted by molar-refractivity contribution is -0.137. The number of hydrogen-bond donors (Lipinski definition) is 0. The van der Waals surface area contributed by atoms with Gasteiger partial charge in [0.1, 0.15) is 0 Å². The Morgan fingerprint density at radius 3 is 1.80 bits per heavy atom. The van der Waals surface area contributed by atoms with Crippen LogP contribution in [0.3, 0.4) is 0 Å². The summed E-state index contributed by atoms with van der Waals surface area (Å²) in [5.74, 6) is -0.549. The summed E-state index contributed by atoms with van der Waals surface area (Å²) in [6.45, 7) is 0.403. The smallest absolute Gasteiger partial charge is 0.249 e. The Kier molecular flexibility index (Phi) is 6.28. The maximum Gasteiger partial charge on any atom is 0.249 e. The van der Waals surface area contributed by atoms with Crippen LogP contribution < -0.4 is 0 Å². The van der Waals surface area contributed by atoms with Crippen molar-refractivity contribution in [3.63, 3.8) is 0 Å². The number of rotatable bonds is 6. The molecule has 0 aliphatic carbocycles. The molecule has 1 aliphatic heterocycles. The molecule has 0 unspecified atom stereocenters. The van der Waals surface area contributed by atoms with E-state index in [0.29, 0.717) is 13.0 Å². The number of allylic oxidation sites excluding steroid dienone is 1. The molecule has 0 bridgehead atoms. The summed E-state index contributed by atoms with van der Waals surface area (Å²) >= 11 is 0. The van der Waals surface area contributed by atoms with Crippen LogP contribution >= 0.6 is 0 Å². The summed E-state index contributed by atoms with van der Waals surface area (Å²) in [6, 6.07) is 42.2. The molecule has 0 saturated heterocycles. The zero-order valence-corrected chi connectivity index (χ0v) is 19.4. The highest BCUT2D eigenvalue weighted by Gasteiger charge is 2.52. The molecule has 4 aromatic rings. The fourth-order valence-electron chi connectivity index (χ4n) is 4.96. The van der Waals surface area contributed by atoms with Crippen LogP contribution in [0.4, 0.5) is 0 Å². The van der Waals surface area contributed by atoms with Crippen LogP contribution in [0.25, 0.3) is 5.70 Å². The largest absolute Gasteiger partial charge is 0.306 e. The second kappa shape index (κ2) is 9.83. The monoisotopic (exact) mass is 454 g/mol. The zero-order valence-electron chi connectivity index (χ0n) is 19.4. The first-order chi connectivity index (χ1) is 17.2. The van der Waals surface area contributed by atoms with E-state index in [9.17, 15) is 10.1 Å². The molecule has 35 heavy (non-hydrogen) atoms. The predicted octanol–water partition coefficient (Wildman–Crippen LogP) is 6.61. The van der Waals surface area contributed by atoms with Gasteiger partial charge in [0, 0.05) is 18.0 Å². The SMILES string of the molecule is N#C[C@]1(Cc2ccccc2)C(=O)N(Cc2ccccc2)C(c2ccccc2)=C[C@@H]1c1ccccc1. The number of hydrogen-bond acceptors (Lipinski definition) is 2. The summed E-state index contributed by atoms with van der Waals surface area (Å²) in [5.41, 5.74) is 3.49. The van der Waals surface area contributed by atoms with Crippen molar-refractivity contribution in [1.29, 1.82) is 5.26 Å². The summed E-state index contributed by atoms with van der Waals surface area (Å²) in [5, 5.41) is 10.7. The number of amides is 1. The van der Waals surface area contributed by atoms with Crippen molar-refractivity contribution >= 4 is 11.6 Å². The lowest BCUT2D eigenvalue weighted by atomic mass is 9.66. The molecule has 5 rings (SSSR count). The Bertz CT molecular complexity index is 1360. The number of nitrogens with zero attached hydrogens (tertiary/aromatic N) is 2. The third kappa shape index (κ3) is 4.39. The Labute approximate surface area is 206 Å². The molecule has 0 radical (unpaired) electrons. The molecule has 0 fully saturated rings. The third-order valence-corrected chi connectivity index (χ3v) is 6.71. The van der Waals surface area contributed by atoms with E-state index in [1.165, 1.54) is 0 Å². The Morgan fingerprint density at radius 2 is 1.23 bits per heavy atom. The van der Waals surface area contributed by atoms with Crippen molar-refractivity contribution < 1.29 is 4.79 Å². The van der Waals surface area contributed by atoms with E-state index in [4.69, 9.17) is 0 Å². The van der Waals surface area contributed by atoms with E-state index in [1.807, 2.05) is 121 Å². The summed E-state index contributed by atoms with van der Waals surface area (Å²) in [4.78, 5) is 16.3. The van der Waals surface area contributed by atoms with Crippen LogP contribution in [0.2, 0.25) is 0 Å². The lowest BCUT2D eigenvalue weighted by Crippen LogP contribution is -2.49. The molecule has 1 aliphatic rings. The van der Waals surface area contributed by atoms with Crippen molar-refractivity contribution in [2.45, 2.75) is 18.9 Å². The zero-order chi connectivity index (χ0) is 24.1. The van der Waals surface area contributed by atoms with Crippen molar-refractivity contribution in [2.75, 3.05) is 0 Å². The van der Waals surface area contributed by atoms with Crippen LogP contribution in [0.1, 0.15) is 28.2 Å². The third-order valence-electron chi connectivity index (χ3n) is 6.71. The minimum Gasteiger partial charge on any atom is -0.306 e. The molecule has 1 amide bonds. The maximum absolute atomic E-state index is 14.5.